The lowest BCUT2D eigenvalue weighted by Crippen LogP contribution is -2.35. The molecule has 0 saturated carbocycles. The molecule has 2 heterocycles. The Bertz CT molecular complexity index is 632. The number of oxime groups is 1. The Hall–Kier alpha value is -2.64. The molecule has 2 aliphatic heterocycles. The first-order chi connectivity index (χ1) is 11.2. The third kappa shape index (κ3) is 3.41. The summed E-state index contributed by atoms with van der Waals surface area (Å²) in [7, 11) is 1.52. The number of carbonyl (C=O) groups excluding carboxylic acids is 1. The first-order valence-electron chi connectivity index (χ1n) is 7.43. The fourth-order valence-electron chi connectivity index (χ4n) is 2.37. The number of carbonyl (C=O) groups is 1. The molecule has 2 aliphatic rings. The van der Waals surface area contributed by atoms with Gasteiger partial charge in [-0.1, -0.05) is 12.1 Å². The highest BCUT2D eigenvalue weighted by atomic mass is 16.7. The van der Waals surface area contributed by atoms with Crippen LogP contribution in [0.25, 0.3) is 0 Å². The number of fused-ring (bicyclic) bond motifs is 1. The topological polar surface area (TPSA) is 90.4 Å². The number of methoxy groups -OCH3 is 1. The van der Waals surface area contributed by atoms with Gasteiger partial charge in [0.15, 0.2) is 11.5 Å². The second kappa shape index (κ2) is 6.64. The molecule has 0 saturated heterocycles. The fourth-order valence-corrected chi connectivity index (χ4v) is 2.37. The Kier molecular flexibility index (Phi) is 4.40. The maximum Gasteiger partial charge on any atom is 0.319 e. The number of nitrogens with one attached hydrogen (secondary N) is 2. The van der Waals surface area contributed by atoms with E-state index in [1.54, 1.807) is 12.1 Å². The van der Waals surface area contributed by atoms with E-state index in [0.29, 0.717) is 29.5 Å². The SMILES string of the molecule is CCC1=NO[C@H](CNC(=O)Nc2cc3c(cc2OC)OCO3)C1. The lowest BCUT2D eigenvalue weighted by molar-refractivity contribution is 0.0870. The molecule has 2 N–H and O–H groups in total. The molecule has 1 aromatic rings. The average molecular weight is 321 g/mol. The molecule has 0 radical (unpaired) electrons. The normalized spacial score (nSPS) is 18.2. The van der Waals surface area contributed by atoms with Crippen LogP contribution in [0.1, 0.15) is 19.8 Å². The van der Waals surface area contributed by atoms with Crippen molar-refractivity contribution in [1.82, 2.24) is 5.32 Å². The van der Waals surface area contributed by atoms with Gasteiger partial charge in [-0.25, -0.2) is 4.79 Å². The Morgan fingerprint density at radius 3 is 2.87 bits per heavy atom. The molecule has 0 spiro atoms. The molecule has 124 valence electrons. The van der Waals surface area contributed by atoms with Gasteiger partial charge in [0.2, 0.25) is 6.79 Å². The monoisotopic (exact) mass is 321 g/mol. The largest absolute Gasteiger partial charge is 0.494 e. The number of amides is 2. The molecule has 8 heteroatoms. The summed E-state index contributed by atoms with van der Waals surface area (Å²) in [5, 5.41) is 9.46. The molecule has 0 fully saturated rings. The molecule has 3 rings (SSSR count). The van der Waals surface area contributed by atoms with Gasteiger partial charge in [0.05, 0.1) is 25.1 Å². The number of urea groups is 1. The van der Waals surface area contributed by atoms with E-state index in [1.165, 1.54) is 7.11 Å². The molecule has 0 aliphatic carbocycles. The zero-order valence-corrected chi connectivity index (χ0v) is 13.0. The number of benzene rings is 1. The van der Waals surface area contributed by atoms with Crippen molar-refractivity contribution in [2.45, 2.75) is 25.9 Å². The Morgan fingerprint density at radius 1 is 1.39 bits per heavy atom. The number of rotatable bonds is 5. The Morgan fingerprint density at radius 2 is 2.17 bits per heavy atom. The first-order valence-corrected chi connectivity index (χ1v) is 7.43. The average Bonchev–Trinajstić information content (AvgIpc) is 3.20. The highest BCUT2D eigenvalue weighted by molar-refractivity contribution is 5.92. The molecule has 0 unspecified atom stereocenters. The van der Waals surface area contributed by atoms with Crippen molar-refractivity contribution in [1.29, 1.82) is 0 Å². The van der Waals surface area contributed by atoms with Crippen LogP contribution in [0.15, 0.2) is 17.3 Å². The summed E-state index contributed by atoms with van der Waals surface area (Å²) < 4.78 is 15.8. The highest BCUT2D eigenvalue weighted by Gasteiger charge is 2.22. The molecule has 2 amide bonds. The van der Waals surface area contributed by atoms with Gasteiger partial charge in [-0.05, 0) is 6.42 Å². The van der Waals surface area contributed by atoms with Gasteiger partial charge in [-0.2, -0.15) is 0 Å². The van der Waals surface area contributed by atoms with Crippen LogP contribution in [0.5, 0.6) is 17.2 Å². The first kappa shape index (κ1) is 15.3. The van der Waals surface area contributed by atoms with Crippen molar-refractivity contribution in [3.05, 3.63) is 12.1 Å². The van der Waals surface area contributed by atoms with Gasteiger partial charge >= 0.3 is 6.03 Å². The summed E-state index contributed by atoms with van der Waals surface area (Å²) in [5.41, 5.74) is 1.52. The molecular formula is C15H19N3O5. The van der Waals surface area contributed by atoms with E-state index in [2.05, 4.69) is 15.8 Å². The zero-order valence-electron chi connectivity index (χ0n) is 13.0. The van der Waals surface area contributed by atoms with Gasteiger partial charge in [0, 0.05) is 18.6 Å². The predicted octanol–water partition coefficient (Wildman–Crippen LogP) is 2.10. The van der Waals surface area contributed by atoms with Gasteiger partial charge in [-0.3, -0.25) is 0 Å². The van der Waals surface area contributed by atoms with Crippen LogP contribution in [0.4, 0.5) is 10.5 Å². The van der Waals surface area contributed by atoms with Gasteiger partial charge < -0.3 is 29.7 Å². The summed E-state index contributed by atoms with van der Waals surface area (Å²) in [6.07, 6.45) is 1.48. The minimum atomic E-state index is -0.351. The second-order valence-corrected chi connectivity index (χ2v) is 5.18. The van der Waals surface area contributed by atoms with Crippen LogP contribution in [-0.2, 0) is 4.84 Å². The number of hydrogen-bond donors (Lipinski definition) is 2. The summed E-state index contributed by atoms with van der Waals surface area (Å²) in [5.74, 6) is 1.66. The van der Waals surface area contributed by atoms with Crippen molar-refractivity contribution in [3.8, 4) is 17.2 Å². The van der Waals surface area contributed by atoms with Crippen molar-refractivity contribution in [2.75, 3.05) is 25.8 Å². The number of anilines is 1. The standard InChI is InChI=1S/C15H19N3O5/c1-3-9-4-10(23-18-9)7-16-15(19)17-11-5-13-14(22-8-21-13)6-12(11)20-2/h5-6,10H,3-4,7-8H2,1-2H3,(H2,16,17,19)/t10-/m0/s1. The van der Waals surface area contributed by atoms with Crippen LogP contribution in [0.2, 0.25) is 0 Å². The van der Waals surface area contributed by atoms with Crippen molar-refractivity contribution >= 4 is 17.4 Å². The zero-order chi connectivity index (χ0) is 16.2. The third-order valence-electron chi connectivity index (χ3n) is 3.64. The van der Waals surface area contributed by atoms with Gasteiger partial charge in [0.25, 0.3) is 0 Å². The van der Waals surface area contributed by atoms with E-state index in [4.69, 9.17) is 19.0 Å². The summed E-state index contributed by atoms with van der Waals surface area (Å²) >= 11 is 0. The highest BCUT2D eigenvalue weighted by Crippen LogP contribution is 2.40. The minimum Gasteiger partial charge on any atom is -0.494 e. The van der Waals surface area contributed by atoms with Crippen LogP contribution >= 0.6 is 0 Å². The van der Waals surface area contributed by atoms with Crippen molar-refractivity contribution < 1.29 is 23.8 Å². The van der Waals surface area contributed by atoms with E-state index in [-0.39, 0.29) is 18.9 Å². The summed E-state index contributed by atoms with van der Waals surface area (Å²) in [6, 6.07) is 3.00. The Balaban J connectivity index is 1.56. The number of ether oxygens (including phenoxy) is 3. The molecule has 8 nitrogen and oxygen atoms in total. The van der Waals surface area contributed by atoms with Crippen LogP contribution in [0.3, 0.4) is 0 Å². The molecule has 1 atom stereocenters. The Labute approximate surface area is 133 Å². The quantitative estimate of drug-likeness (QED) is 0.867. The van der Waals surface area contributed by atoms with Crippen LogP contribution in [-0.4, -0.2) is 38.3 Å². The molecule has 0 aromatic heterocycles. The second-order valence-electron chi connectivity index (χ2n) is 5.18. The van der Waals surface area contributed by atoms with Crippen molar-refractivity contribution in [3.63, 3.8) is 0 Å². The van der Waals surface area contributed by atoms with Gasteiger partial charge in [0.1, 0.15) is 11.9 Å². The lowest BCUT2D eigenvalue weighted by Gasteiger charge is -2.13. The molecule has 23 heavy (non-hydrogen) atoms. The van der Waals surface area contributed by atoms with Crippen LogP contribution < -0.4 is 24.8 Å². The summed E-state index contributed by atoms with van der Waals surface area (Å²) in [6.45, 7) is 2.56. The van der Waals surface area contributed by atoms with Crippen LogP contribution in [0, 0.1) is 0 Å². The fraction of sp³-hybridized carbons (Fsp3) is 0.467. The van der Waals surface area contributed by atoms with E-state index >= 15 is 0 Å². The molecule has 0 bridgehead atoms. The number of nitrogens with zero attached hydrogens (tertiary/aromatic N) is 1. The maximum absolute atomic E-state index is 12.0. The minimum absolute atomic E-state index is 0.116. The molecule has 1 aromatic carbocycles. The van der Waals surface area contributed by atoms with E-state index in [0.717, 1.165) is 18.6 Å². The predicted molar refractivity (Wildman–Crippen MR) is 83.4 cm³/mol. The lowest BCUT2D eigenvalue weighted by atomic mass is 10.1. The number of hydrogen-bond acceptors (Lipinski definition) is 6. The third-order valence-corrected chi connectivity index (χ3v) is 3.64. The smallest absolute Gasteiger partial charge is 0.319 e. The van der Waals surface area contributed by atoms with E-state index in [1.807, 2.05) is 6.92 Å². The maximum atomic E-state index is 12.0. The summed E-state index contributed by atoms with van der Waals surface area (Å²) in [4.78, 5) is 17.3. The van der Waals surface area contributed by atoms with Gasteiger partial charge in [-0.15, -0.1) is 0 Å². The molecular weight excluding hydrogens is 302 g/mol. The van der Waals surface area contributed by atoms with E-state index in [9.17, 15) is 4.79 Å². The van der Waals surface area contributed by atoms with E-state index < -0.39 is 0 Å². The van der Waals surface area contributed by atoms with Crippen molar-refractivity contribution in [2.24, 2.45) is 5.16 Å².